The van der Waals surface area contributed by atoms with Crippen molar-refractivity contribution in [2.45, 2.75) is 37.9 Å². The van der Waals surface area contributed by atoms with E-state index < -0.39 is 19.3 Å². The number of alkyl halides is 2. The highest BCUT2D eigenvalue weighted by atomic mass is 35.5. The molecule has 0 radical (unpaired) electrons. The van der Waals surface area contributed by atoms with Gasteiger partial charge in [0.1, 0.15) is 6.35 Å². The van der Waals surface area contributed by atoms with Crippen molar-refractivity contribution < 1.29 is 18.7 Å². The summed E-state index contributed by atoms with van der Waals surface area (Å²) in [5, 5.41) is -0.863. The van der Waals surface area contributed by atoms with Crippen molar-refractivity contribution in [1.29, 1.82) is 0 Å². The molecule has 4 nitrogen and oxygen atoms in total. The lowest BCUT2D eigenvalue weighted by atomic mass is 10.1. The molecule has 0 amide bonds. The van der Waals surface area contributed by atoms with Gasteiger partial charge in [0.15, 0.2) is 7.60 Å². The molecule has 104 valence electrons. The standard InChI is InChI=1S/C10H21Cl2O4P/c1-4-5-15-7-17(13,14)16-6-9(11)10(12)8(2)3/h8-10H,4-7H2,1-3H3,(H,13,14)/p-1. The molecule has 0 aromatic rings. The van der Waals surface area contributed by atoms with Gasteiger partial charge < -0.3 is 18.7 Å². The van der Waals surface area contributed by atoms with Gasteiger partial charge in [0.25, 0.3) is 0 Å². The van der Waals surface area contributed by atoms with Crippen LogP contribution in [-0.4, -0.2) is 30.3 Å². The maximum atomic E-state index is 11.4. The summed E-state index contributed by atoms with van der Waals surface area (Å²) in [6.45, 7) is 5.99. The summed E-state index contributed by atoms with van der Waals surface area (Å²) in [5.41, 5.74) is 0. The van der Waals surface area contributed by atoms with Crippen LogP contribution in [0, 0.1) is 5.92 Å². The molecular weight excluding hydrogens is 286 g/mol. The van der Waals surface area contributed by atoms with E-state index in [2.05, 4.69) is 0 Å². The largest absolute Gasteiger partial charge is 0.777 e. The molecule has 3 unspecified atom stereocenters. The van der Waals surface area contributed by atoms with E-state index in [1.165, 1.54) is 0 Å². The third kappa shape index (κ3) is 8.41. The molecule has 0 fully saturated rings. The van der Waals surface area contributed by atoms with Crippen molar-refractivity contribution >= 4 is 30.8 Å². The Morgan fingerprint density at radius 3 is 2.41 bits per heavy atom. The third-order valence-corrected chi connectivity index (χ3v) is 4.39. The maximum Gasteiger partial charge on any atom is 0.160 e. The predicted octanol–water partition coefficient (Wildman–Crippen LogP) is 2.81. The van der Waals surface area contributed by atoms with Gasteiger partial charge in [0.2, 0.25) is 0 Å². The van der Waals surface area contributed by atoms with Gasteiger partial charge in [-0.15, -0.1) is 23.2 Å². The minimum atomic E-state index is -3.96. The van der Waals surface area contributed by atoms with Crippen LogP contribution in [0.2, 0.25) is 0 Å². The molecule has 0 saturated carbocycles. The minimum absolute atomic E-state index is 0.121. The zero-order valence-electron chi connectivity index (χ0n) is 10.4. The quantitative estimate of drug-likeness (QED) is 0.373. The predicted molar refractivity (Wildman–Crippen MR) is 68.8 cm³/mol. The summed E-state index contributed by atoms with van der Waals surface area (Å²) in [6.07, 6.45) is 0.342. The Balaban J connectivity index is 3.96. The van der Waals surface area contributed by atoms with E-state index in [1.54, 1.807) is 0 Å². The highest BCUT2D eigenvalue weighted by Gasteiger charge is 2.22. The molecule has 0 aromatic heterocycles. The van der Waals surface area contributed by atoms with Crippen molar-refractivity contribution in [3.05, 3.63) is 0 Å². The second-order valence-corrected chi connectivity index (χ2v) is 6.95. The molecule has 0 aliphatic carbocycles. The first-order valence-electron chi connectivity index (χ1n) is 5.60. The fourth-order valence-corrected chi connectivity index (χ4v) is 2.38. The summed E-state index contributed by atoms with van der Waals surface area (Å²) >= 11 is 11.9. The van der Waals surface area contributed by atoms with Gasteiger partial charge >= 0.3 is 0 Å². The van der Waals surface area contributed by atoms with Crippen LogP contribution in [-0.2, 0) is 13.8 Å². The number of rotatable bonds is 9. The van der Waals surface area contributed by atoms with Gasteiger partial charge in [-0.1, -0.05) is 20.8 Å². The molecule has 0 aromatic carbocycles. The van der Waals surface area contributed by atoms with E-state index in [1.807, 2.05) is 20.8 Å². The van der Waals surface area contributed by atoms with Gasteiger partial charge in [-0.05, 0) is 12.3 Å². The van der Waals surface area contributed by atoms with E-state index >= 15 is 0 Å². The first kappa shape index (κ1) is 17.7. The Labute approximate surface area is 113 Å². The summed E-state index contributed by atoms with van der Waals surface area (Å²) in [4.78, 5) is 11.4. The van der Waals surface area contributed by atoms with Crippen molar-refractivity contribution in [3.63, 3.8) is 0 Å². The molecule has 0 saturated heterocycles. The Kier molecular flexibility index (Phi) is 9.09. The number of hydrogen-bond acceptors (Lipinski definition) is 4. The topological polar surface area (TPSA) is 58.6 Å². The Hall–Kier alpha value is 0.690. The molecule has 0 heterocycles. The van der Waals surface area contributed by atoms with Crippen molar-refractivity contribution in [2.24, 2.45) is 5.92 Å². The first-order chi connectivity index (χ1) is 7.80. The highest BCUT2D eigenvalue weighted by Crippen LogP contribution is 2.37. The SMILES string of the molecule is CCCOCP(=O)([O-])OCC(Cl)C(Cl)C(C)C. The second kappa shape index (κ2) is 8.73. The lowest BCUT2D eigenvalue weighted by Gasteiger charge is -2.26. The van der Waals surface area contributed by atoms with E-state index in [9.17, 15) is 9.46 Å². The number of hydrogen-bond donors (Lipinski definition) is 0. The highest BCUT2D eigenvalue weighted by molar-refractivity contribution is 7.51. The van der Waals surface area contributed by atoms with Gasteiger partial charge in [-0.25, -0.2) is 0 Å². The van der Waals surface area contributed by atoms with Crippen LogP contribution in [0.5, 0.6) is 0 Å². The molecular formula is C10H20Cl2O4P-. The van der Waals surface area contributed by atoms with Crippen LogP contribution in [0.3, 0.4) is 0 Å². The number of halogens is 2. The molecule has 0 N–H and O–H groups in total. The van der Waals surface area contributed by atoms with Crippen LogP contribution in [0.25, 0.3) is 0 Å². The van der Waals surface area contributed by atoms with E-state index in [4.69, 9.17) is 32.5 Å². The molecule has 7 heteroatoms. The monoisotopic (exact) mass is 305 g/mol. The Morgan fingerprint density at radius 2 is 1.94 bits per heavy atom. The summed E-state index contributed by atoms with van der Waals surface area (Å²) < 4.78 is 21.1. The third-order valence-electron chi connectivity index (χ3n) is 2.01. The van der Waals surface area contributed by atoms with Crippen LogP contribution >= 0.6 is 30.8 Å². The van der Waals surface area contributed by atoms with Gasteiger partial charge in [0, 0.05) is 6.61 Å². The second-order valence-electron chi connectivity index (χ2n) is 4.15. The zero-order chi connectivity index (χ0) is 13.5. The molecule has 0 bridgehead atoms. The van der Waals surface area contributed by atoms with Crippen molar-refractivity contribution in [2.75, 3.05) is 19.6 Å². The molecule has 0 aliphatic rings. The van der Waals surface area contributed by atoms with E-state index in [0.717, 1.165) is 6.42 Å². The molecule has 0 spiro atoms. The molecule has 3 atom stereocenters. The lowest BCUT2D eigenvalue weighted by molar-refractivity contribution is -0.203. The van der Waals surface area contributed by atoms with E-state index in [-0.39, 0.29) is 17.9 Å². The number of ether oxygens (including phenoxy) is 1. The van der Waals surface area contributed by atoms with Crippen LogP contribution in [0.1, 0.15) is 27.2 Å². The lowest BCUT2D eigenvalue weighted by Crippen LogP contribution is -2.26. The fraction of sp³-hybridized carbons (Fsp3) is 1.00. The van der Waals surface area contributed by atoms with Gasteiger partial charge in [-0.2, -0.15) is 0 Å². The normalized spacial score (nSPS) is 19.0. The summed E-state index contributed by atoms with van der Waals surface area (Å²) in [7, 11) is -3.96. The van der Waals surface area contributed by atoms with Crippen LogP contribution < -0.4 is 4.89 Å². The Bertz CT molecular complexity index is 250. The Morgan fingerprint density at radius 1 is 1.35 bits per heavy atom. The van der Waals surface area contributed by atoms with Crippen molar-refractivity contribution in [1.82, 2.24) is 0 Å². The summed E-state index contributed by atoms with van der Waals surface area (Å²) in [6, 6.07) is 0. The van der Waals surface area contributed by atoms with Crippen molar-refractivity contribution in [3.8, 4) is 0 Å². The average Bonchev–Trinajstić information content (AvgIpc) is 2.25. The van der Waals surface area contributed by atoms with Gasteiger partial charge in [-0.3, -0.25) is 0 Å². The van der Waals surface area contributed by atoms with Crippen LogP contribution in [0.15, 0.2) is 0 Å². The molecule has 0 aliphatic heterocycles. The maximum absolute atomic E-state index is 11.4. The minimum Gasteiger partial charge on any atom is -0.777 e. The van der Waals surface area contributed by atoms with Crippen LogP contribution in [0.4, 0.5) is 0 Å². The zero-order valence-corrected chi connectivity index (χ0v) is 12.8. The van der Waals surface area contributed by atoms with Gasteiger partial charge in [0.05, 0.1) is 17.4 Å². The molecule has 0 rings (SSSR count). The first-order valence-corrected chi connectivity index (χ1v) is 8.20. The van der Waals surface area contributed by atoms with E-state index in [0.29, 0.717) is 6.61 Å². The summed E-state index contributed by atoms with van der Waals surface area (Å²) in [5.74, 6) is 0.158. The fourth-order valence-electron chi connectivity index (χ4n) is 1.05. The smallest absolute Gasteiger partial charge is 0.160 e. The average molecular weight is 306 g/mol. The molecule has 17 heavy (non-hydrogen) atoms.